The van der Waals surface area contributed by atoms with E-state index in [1.807, 2.05) is 24.5 Å². The number of ether oxygens (including phenoxy) is 1. The van der Waals surface area contributed by atoms with Crippen LogP contribution in [0.1, 0.15) is 48.6 Å². The monoisotopic (exact) mass is 348 g/mol. The molecule has 1 fully saturated rings. The van der Waals surface area contributed by atoms with Crippen molar-refractivity contribution in [2.45, 2.75) is 51.6 Å². The maximum Gasteiger partial charge on any atom is 0.213 e. The van der Waals surface area contributed by atoms with Crippen LogP contribution in [0.15, 0.2) is 48.9 Å². The Bertz CT molecular complexity index is 867. The van der Waals surface area contributed by atoms with Gasteiger partial charge in [-0.25, -0.2) is 4.98 Å². The van der Waals surface area contributed by atoms with E-state index in [2.05, 4.69) is 51.8 Å². The Balaban J connectivity index is 1.46. The third kappa shape index (κ3) is 3.47. The summed E-state index contributed by atoms with van der Waals surface area (Å²) in [6, 6.07) is 12.3. The predicted molar refractivity (Wildman–Crippen MR) is 101 cm³/mol. The SMILES string of the molecule is Cc1ccc(-n2cnnc2[C@H]2CC[C@H](Oc3ccccn3)CC2)c(C)c1. The molecule has 0 N–H and O–H groups in total. The highest BCUT2D eigenvalue weighted by Gasteiger charge is 2.27. The van der Waals surface area contributed by atoms with Gasteiger partial charge in [0.2, 0.25) is 5.88 Å². The van der Waals surface area contributed by atoms with Crippen LogP contribution in [0.25, 0.3) is 5.69 Å². The second kappa shape index (κ2) is 7.28. The highest BCUT2D eigenvalue weighted by molar-refractivity contribution is 5.43. The smallest absolute Gasteiger partial charge is 0.213 e. The van der Waals surface area contributed by atoms with Gasteiger partial charge in [-0.1, -0.05) is 23.8 Å². The number of hydrogen-bond acceptors (Lipinski definition) is 4. The molecule has 2 aromatic heterocycles. The summed E-state index contributed by atoms with van der Waals surface area (Å²) in [7, 11) is 0. The number of aromatic nitrogens is 4. The molecule has 5 nitrogen and oxygen atoms in total. The molecule has 0 radical (unpaired) electrons. The zero-order valence-electron chi connectivity index (χ0n) is 15.3. The normalized spacial score (nSPS) is 20.1. The van der Waals surface area contributed by atoms with Crippen molar-refractivity contribution in [3.63, 3.8) is 0 Å². The van der Waals surface area contributed by atoms with Crippen molar-refractivity contribution in [3.8, 4) is 11.6 Å². The Kier molecular flexibility index (Phi) is 4.69. The summed E-state index contributed by atoms with van der Waals surface area (Å²) in [6.45, 7) is 4.26. The third-order valence-electron chi connectivity index (χ3n) is 5.15. The van der Waals surface area contributed by atoms with Crippen LogP contribution in [0, 0.1) is 13.8 Å². The van der Waals surface area contributed by atoms with Gasteiger partial charge in [-0.2, -0.15) is 0 Å². The van der Waals surface area contributed by atoms with Crippen LogP contribution in [-0.2, 0) is 0 Å². The molecule has 0 saturated heterocycles. The van der Waals surface area contributed by atoms with Gasteiger partial charge in [-0.3, -0.25) is 4.57 Å². The number of nitrogens with zero attached hydrogens (tertiary/aromatic N) is 4. The van der Waals surface area contributed by atoms with Crippen LogP contribution in [0.2, 0.25) is 0 Å². The van der Waals surface area contributed by atoms with Crippen LogP contribution in [0.4, 0.5) is 0 Å². The Morgan fingerprint density at radius 3 is 2.62 bits per heavy atom. The minimum absolute atomic E-state index is 0.235. The van der Waals surface area contributed by atoms with Gasteiger partial charge in [-0.15, -0.1) is 10.2 Å². The fourth-order valence-corrected chi connectivity index (χ4v) is 3.81. The quantitative estimate of drug-likeness (QED) is 0.702. The third-order valence-corrected chi connectivity index (χ3v) is 5.15. The number of pyridine rings is 1. The van der Waals surface area contributed by atoms with Gasteiger partial charge < -0.3 is 4.74 Å². The van der Waals surface area contributed by atoms with Crippen LogP contribution >= 0.6 is 0 Å². The van der Waals surface area contributed by atoms with Crippen molar-refractivity contribution in [2.24, 2.45) is 0 Å². The van der Waals surface area contributed by atoms with Gasteiger partial charge in [0.1, 0.15) is 18.3 Å². The van der Waals surface area contributed by atoms with Gasteiger partial charge in [-0.05, 0) is 57.2 Å². The molecule has 0 aliphatic heterocycles. The molecule has 26 heavy (non-hydrogen) atoms. The number of rotatable bonds is 4. The standard InChI is InChI=1S/C21H24N4O/c1-15-6-11-19(16(2)13-15)25-14-23-24-21(25)17-7-9-18(10-8-17)26-20-5-3-4-12-22-20/h3-6,11-14,17-18H,7-10H2,1-2H3/t17-,18-. The molecule has 2 heterocycles. The van der Waals surface area contributed by atoms with E-state index < -0.39 is 0 Å². The van der Waals surface area contributed by atoms with Crippen LogP contribution in [-0.4, -0.2) is 25.9 Å². The number of hydrogen-bond donors (Lipinski definition) is 0. The van der Waals surface area contributed by atoms with Crippen molar-refractivity contribution < 1.29 is 4.74 Å². The fraction of sp³-hybridized carbons (Fsp3) is 0.381. The van der Waals surface area contributed by atoms with Crippen molar-refractivity contribution in [2.75, 3.05) is 0 Å². The minimum Gasteiger partial charge on any atom is -0.474 e. The molecule has 0 bridgehead atoms. The van der Waals surface area contributed by atoms with E-state index in [-0.39, 0.29) is 6.10 Å². The average Bonchev–Trinajstić information content (AvgIpc) is 3.13. The van der Waals surface area contributed by atoms with E-state index in [1.165, 1.54) is 16.8 Å². The van der Waals surface area contributed by atoms with E-state index in [4.69, 9.17) is 4.74 Å². The second-order valence-corrected chi connectivity index (χ2v) is 7.11. The minimum atomic E-state index is 0.235. The molecule has 1 saturated carbocycles. The maximum absolute atomic E-state index is 6.01. The lowest BCUT2D eigenvalue weighted by Crippen LogP contribution is -2.25. The zero-order chi connectivity index (χ0) is 17.9. The topological polar surface area (TPSA) is 52.8 Å². The predicted octanol–water partition coefficient (Wildman–Crippen LogP) is 4.38. The Morgan fingerprint density at radius 1 is 1.04 bits per heavy atom. The molecule has 0 unspecified atom stereocenters. The average molecular weight is 348 g/mol. The van der Waals surface area contributed by atoms with E-state index in [1.54, 1.807) is 6.20 Å². The molecule has 0 amide bonds. The summed E-state index contributed by atoms with van der Waals surface area (Å²) >= 11 is 0. The molecule has 0 spiro atoms. The Morgan fingerprint density at radius 2 is 1.88 bits per heavy atom. The van der Waals surface area contributed by atoms with Crippen molar-refractivity contribution in [3.05, 3.63) is 65.9 Å². The lowest BCUT2D eigenvalue weighted by Gasteiger charge is -2.28. The van der Waals surface area contributed by atoms with Gasteiger partial charge >= 0.3 is 0 Å². The van der Waals surface area contributed by atoms with Crippen molar-refractivity contribution >= 4 is 0 Å². The fourth-order valence-electron chi connectivity index (χ4n) is 3.81. The van der Waals surface area contributed by atoms with Crippen LogP contribution < -0.4 is 4.74 Å². The van der Waals surface area contributed by atoms with E-state index >= 15 is 0 Å². The summed E-state index contributed by atoms with van der Waals surface area (Å²) in [6.07, 6.45) is 7.99. The van der Waals surface area contributed by atoms with E-state index in [9.17, 15) is 0 Å². The first-order valence-electron chi connectivity index (χ1n) is 9.26. The van der Waals surface area contributed by atoms with Gasteiger partial charge in [0.05, 0.1) is 5.69 Å². The number of benzene rings is 1. The molecular weight excluding hydrogens is 324 g/mol. The molecule has 1 aliphatic carbocycles. The highest BCUT2D eigenvalue weighted by atomic mass is 16.5. The molecule has 4 rings (SSSR count). The molecule has 0 atom stereocenters. The Hall–Kier alpha value is -2.69. The summed E-state index contributed by atoms with van der Waals surface area (Å²) in [5, 5.41) is 8.64. The molecular formula is C21H24N4O. The van der Waals surface area contributed by atoms with E-state index in [0.29, 0.717) is 5.92 Å². The maximum atomic E-state index is 6.01. The Labute approximate surface area is 154 Å². The molecule has 134 valence electrons. The van der Waals surface area contributed by atoms with Gasteiger partial charge in [0.15, 0.2) is 0 Å². The molecule has 5 heteroatoms. The first-order chi connectivity index (χ1) is 12.7. The molecule has 1 aliphatic rings. The van der Waals surface area contributed by atoms with Gasteiger partial charge in [0.25, 0.3) is 0 Å². The van der Waals surface area contributed by atoms with E-state index in [0.717, 1.165) is 37.4 Å². The lowest BCUT2D eigenvalue weighted by molar-refractivity contribution is 0.139. The van der Waals surface area contributed by atoms with Crippen LogP contribution in [0.3, 0.4) is 0 Å². The van der Waals surface area contributed by atoms with Crippen LogP contribution in [0.5, 0.6) is 5.88 Å². The summed E-state index contributed by atoms with van der Waals surface area (Å²) in [5.41, 5.74) is 3.69. The van der Waals surface area contributed by atoms with Crippen molar-refractivity contribution in [1.29, 1.82) is 0 Å². The van der Waals surface area contributed by atoms with Gasteiger partial charge in [0, 0.05) is 18.2 Å². The summed E-state index contributed by atoms with van der Waals surface area (Å²) in [5.74, 6) is 2.20. The first-order valence-corrected chi connectivity index (χ1v) is 9.26. The molecule has 3 aromatic rings. The number of aryl methyl sites for hydroxylation is 2. The summed E-state index contributed by atoms with van der Waals surface area (Å²) in [4.78, 5) is 4.26. The zero-order valence-corrected chi connectivity index (χ0v) is 15.3. The first kappa shape index (κ1) is 16.8. The summed E-state index contributed by atoms with van der Waals surface area (Å²) < 4.78 is 8.17. The largest absolute Gasteiger partial charge is 0.474 e. The highest BCUT2D eigenvalue weighted by Crippen LogP contribution is 2.34. The molecule has 1 aromatic carbocycles. The second-order valence-electron chi connectivity index (χ2n) is 7.11. The van der Waals surface area contributed by atoms with Crippen molar-refractivity contribution in [1.82, 2.24) is 19.7 Å². The lowest BCUT2D eigenvalue weighted by atomic mass is 9.86.